The maximum atomic E-state index is 13.4. The van der Waals surface area contributed by atoms with Crippen molar-refractivity contribution in [2.45, 2.75) is 78.3 Å². The molecule has 4 aromatic rings. The topological polar surface area (TPSA) is 167 Å². The summed E-state index contributed by atoms with van der Waals surface area (Å²) >= 11 is 2.38. The number of carbonyl (C=O) groups excluding carboxylic acids is 5. The van der Waals surface area contributed by atoms with Crippen LogP contribution in [-0.2, 0) is 14.3 Å². The van der Waals surface area contributed by atoms with E-state index in [1.807, 2.05) is 20.8 Å². The first-order valence-corrected chi connectivity index (χ1v) is 19.4. The fourth-order valence-electron chi connectivity index (χ4n) is 6.31. The summed E-state index contributed by atoms with van der Waals surface area (Å²) in [6, 6.07) is 6.84. The Morgan fingerprint density at radius 3 is 1.60 bits per heavy atom. The van der Waals surface area contributed by atoms with E-state index in [0.29, 0.717) is 64.9 Å². The van der Waals surface area contributed by atoms with Crippen LogP contribution in [-0.4, -0.2) is 103 Å². The summed E-state index contributed by atoms with van der Waals surface area (Å²) in [6.45, 7) is 11.0. The lowest BCUT2D eigenvalue weighted by Crippen LogP contribution is -2.35. The molecule has 0 saturated carbocycles. The van der Waals surface area contributed by atoms with Gasteiger partial charge < -0.3 is 33.5 Å². The lowest BCUT2D eigenvalue weighted by molar-refractivity contribution is -0.168. The first-order chi connectivity index (χ1) is 25.9. The van der Waals surface area contributed by atoms with E-state index in [4.69, 9.17) is 28.4 Å². The average molecular weight is 797 g/mol. The number of aliphatic hydroxyl groups excluding tert-OH is 1. The van der Waals surface area contributed by atoms with E-state index < -0.39 is 47.1 Å². The number of fused-ring (bicyclic) bond motifs is 6. The normalized spacial score (nSPS) is 14.9. The zero-order valence-electron chi connectivity index (χ0n) is 32.0. The highest BCUT2D eigenvalue weighted by Crippen LogP contribution is 2.44. The first kappa shape index (κ1) is 39.9. The van der Waals surface area contributed by atoms with Crippen LogP contribution in [0.15, 0.2) is 24.3 Å². The molecule has 14 nitrogen and oxygen atoms in total. The van der Waals surface area contributed by atoms with Crippen molar-refractivity contribution in [3.05, 3.63) is 45.1 Å². The summed E-state index contributed by atoms with van der Waals surface area (Å²) in [4.78, 5) is 68.4. The number of rotatable bonds is 15. The van der Waals surface area contributed by atoms with Crippen molar-refractivity contribution in [3.8, 4) is 23.0 Å². The molecule has 1 atom stereocenters. The van der Waals surface area contributed by atoms with Gasteiger partial charge in [-0.1, -0.05) is 0 Å². The highest BCUT2D eigenvalue weighted by Gasteiger charge is 2.41. The monoisotopic (exact) mass is 796 g/mol. The van der Waals surface area contributed by atoms with E-state index in [1.54, 1.807) is 45.0 Å². The van der Waals surface area contributed by atoms with Gasteiger partial charge in [-0.05, 0) is 53.7 Å². The molecule has 2 aliphatic heterocycles. The number of esters is 1. The molecule has 0 radical (unpaired) electrons. The highest BCUT2D eigenvalue weighted by molar-refractivity contribution is 7.22. The summed E-state index contributed by atoms with van der Waals surface area (Å²) in [7, 11) is 3.00. The number of hydrogen-bond acceptors (Lipinski definition) is 14. The number of carbonyl (C=O) groups is 5. The second kappa shape index (κ2) is 15.4. The lowest BCUT2D eigenvalue weighted by Gasteiger charge is -2.25. The average Bonchev–Trinajstić information content (AvgIpc) is 3.78. The number of amides is 4. The van der Waals surface area contributed by atoms with Crippen molar-refractivity contribution in [3.63, 3.8) is 0 Å². The molecule has 16 heteroatoms. The Hall–Kier alpha value is -4.77. The standard InChI is InChI=1S/C39H44N2O12S2/c1-38(2,3)52-28(42)10-12-40-34(44)30-20-16-24(22(48-7)18-26(20)54-32(30)36(40)46)50-14-9-15-51-25-17-21-27(19-23(25)49-8)55-33-31(21)35(45)41(37(33)47)13-11-29(43)53-39(4,5)6/h16-19,28,42H,9-15H2,1-8H3. The Labute approximate surface area is 325 Å². The fraction of sp³-hybridized carbons (Fsp3) is 0.462. The Kier molecular flexibility index (Phi) is 11.2. The third-order valence-electron chi connectivity index (χ3n) is 8.60. The van der Waals surface area contributed by atoms with Crippen molar-refractivity contribution >= 4 is 72.4 Å². The molecule has 0 bridgehead atoms. The van der Waals surface area contributed by atoms with Crippen LogP contribution in [0, 0.1) is 0 Å². The van der Waals surface area contributed by atoms with Crippen molar-refractivity contribution in [1.29, 1.82) is 0 Å². The van der Waals surface area contributed by atoms with Gasteiger partial charge in [0.2, 0.25) is 0 Å². The van der Waals surface area contributed by atoms with E-state index in [9.17, 15) is 29.1 Å². The highest BCUT2D eigenvalue weighted by atomic mass is 32.1. The molecule has 1 N–H and O–H groups in total. The Morgan fingerprint density at radius 1 is 0.691 bits per heavy atom. The molecular formula is C39H44N2O12S2. The van der Waals surface area contributed by atoms with Gasteiger partial charge in [0.05, 0.1) is 50.6 Å². The molecule has 2 aliphatic rings. The maximum absolute atomic E-state index is 13.4. The van der Waals surface area contributed by atoms with Crippen molar-refractivity contribution in [2.24, 2.45) is 0 Å². The number of thiophene rings is 2. The number of benzene rings is 2. The second-order valence-electron chi connectivity index (χ2n) is 15.0. The maximum Gasteiger partial charge on any atom is 0.308 e. The van der Waals surface area contributed by atoms with Crippen LogP contribution in [0.25, 0.3) is 20.2 Å². The smallest absolute Gasteiger partial charge is 0.308 e. The third kappa shape index (κ3) is 8.27. The minimum atomic E-state index is -1.13. The van der Waals surface area contributed by atoms with Crippen molar-refractivity contribution in [2.75, 3.05) is 40.5 Å². The predicted molar refractivity (Wildman–Crippen MR) is 205 cm³/mol. The largest absolute Gasteiger partial charge is 0.493 e. The zero-order chi connectivity index (χ0) is 40.0. The molecular weight excluding hydrogens is 753 g/mol. The van der Waals surface area contributed by atoms with E-state index >= 15 is 0 Å². The van der Waals surface area contributed by atoms with Crippen molar-refractivity contribution < 1.29 is 57.5 Å². The summed E-state index contributed by atoms with van der Waals surface area (Å²) in [5.74, 6) is -0.680. The van der Waals surface area contributed by atoms with E-state index in [-0.39, 0.29) is 44.7 Å². The van der Waals surface area contributed by atoms with Gasteiger partial charge in [0.25, 0.3) is 23.6 Å². The molecule has 294 valence electrons. The van der Waals surface area contributed by atoms with Gasteiger partial charge >= 0.3 is 5.97 Å². The minimum absolute atomic E-state index is 0.00660. The van der Waals surface area contributed by atoms with Crippen LogP contribution >= 0.6 is 22.7 Å². The van der Waals surface area contributed by atoms with E-state index in [2.05, 4.69) is 0 Å². The lowest BCUT2D eigenvalue weighted by atomic mass is 10.1. The number of imide groups is 2. The molecule has 0 spiro atoms. The molecule has 0 fully saturated rings. The van der Waals surface area contributed by atoms with Crippen LogP contribution in [0.4, 0.5) is 0 Å². The molecule has 2 aromatic carbocycles. The number of ether oxygens (including phenoxy) is 6. The van der Waals surface area contributed by atoms with Crippen LogP contribution in [0.2, 0.25) is 0 Å². The molecule has 1 unspecified atom stereocenters. The van der Waals surface area contributed by atoms with Crippen molar-refractivity contribution in [1.82, 2.24) is 9.80 Å². The van der Waals surface area contributed by atoms with Crippen LogP contribution in [0.3, 0.4) is 0 Å². The molecule has 55 heavy (non-hydrogen) atoms. The number of methoxy groups -OCH3 is 2. The summed E-state index contributed by atoms with van der Waals surface area (Å²) in [5, 5.41) is 11.4. The van der Waals surface area contributed by atoms with Gasteiger partial charge in [-0.25, -0.2) is 0 Å². The Morgan fingerprint density at radius 2 is 1.16 bits per heavy atom. The first-order valence-electron chi connectivity index (χ1n) is 17.8. The molecule has 0 saturated heterocycles. The van der Waals surface area contributed by atoms with Gasteiger partial charge in [0.15, 0.2) is 29.3 Å². The van der Waals surface area contributed by atoms with Gasteiger partial charge in [0.1, 0.15) is 15.4 Å². The SMILES string of the molecule is COc1cc2sc3c(c2cc1OCCCOc1cc2c4c(sc2cc1OC)C(=O)N(CCC(O)OC(C)(C)C)C4=O)C(=O)N(CCC(=O)OC(C)(C)C)C3=O. The molecule has 2 aromatic heterocycles. The summed E-state index contributed by atoms with van der Waals surface area (Å²) in [5.41, 5.74) is -0.703. The van der Waals surface area contributed by atoms with Gasteiger partial charge in [0, 0.05) is 58.2 Å². The van der Waals surface area contributed by atoms with Gasteiger partial charge in [-0.2, -0.15) is 0 Å². The number of nitrogens with zero attached hydrogens (tertiary/aromatic N) is 2. The van der Waals surface area contributed by atoms with Gasteiger partial charge in [-0.3, -0.25) is 33.8 Å². The quantitative estimate of drug-likeness (QED) is 0.0607. The summed E-state index contributed by atoms with van der Waals surface area (Å²) < 4.78 is 35.5. The van der Waals surface area contributed by atoms with E-state index in [0.717, 1.165) is 9.80 Å². The third-order valence-corrected chi connectivity index (χ3v) is 10.9. The minimum Gasteiger partial charge on any atom is -0.493 e. The number of aliphatic hydroxyl groups is 1. The predicted octanol–water partition coefficient (Wildman–Crippen LogP) is 6.43. The summed E-state index contributed by atoms with van der Waals surface area (Å²) in [6.07, 6.45) is -0.744. The number of hydrogen-bond donors (Lipinski definition) is 1. The molecule has 0 aliphatic carbocycles. The van der Waals surface area contributed by atoms with Crippen LogP contribution in [0.1, 0.15) is 101 Å². The molecule has 4 heterocycles. The fourth-order valence-corrected chi connectivity index (χ4v) is 8.62. The Balaban J connectivity index is 1.10. The molecule has 4 amide bonds. The van der Waals surface area contributed by atoms with Crippen LogP contribution < -0.4 is 18.9 Å². The Bertz CT molecular complexity index is 2190. The van der Waals surface area contributed by atoms with Crippen LogP contribution in [0.5, 0.6) is 23.0 Å². The molecule has 6 rings (SSSR count). The van der Waals surface area contributed by atoms with E-state index in [1.165, 1.54) is 36.9 Å². The second-order valence-corrected chi connectivity index (χ2v) is 17.1. The zero-order valence-corrected chi connectivity index (χ0v) is 33.6. The van der Waals surface area contributed by atoms with Gasteiger partial charge in [-0.15, -0.1) is 22.7 Å².